The minimum absolute atomic E-state index is 0.311. The van der Waals surface area contributed by atoms with Crippen molar-refractivity contribution in [2.24, 2.45) is 0 Å². The zero-order valence-electron chi connectivity index (χ0n) is 10.7. The average Bonchev–Trinajstić information content (AvgIpc) is 2.42. The standard InChI is InChI=1S/C13H18O4S/c1-15-7-8-17-9-10-18-12-5-3-11(4-6-12)13(14)16-2/h3-6H,7-10H2,1-2H3. The molecule has 1 aromatic carbocycles. The van der Waals surface area contributed by atoms with E-state index in [2.05, 4.69) is 4.74 Å². The molecule has 0 unspecified atom stereocenters. The summed E-state index contributed by atoms with van der Waals surface area (Å²) in [6.45, 7) is 1.93. The van der Waals surface area contributed by atoms with E-state index in [0.717, 1.165) is 10.6 Å². The third kappa shape index (κ3) is 5.53. The van der Waals surface area contributed by atoms with Crippen LogP contribution in [0.3, 0.4) is 0 Å². The van der Waals surface area contributed by atoms with Gasteiger partial charge in [-0.05, 0) is 24.3 Å². The van der Waals surface area contributed by atoms with Crippen LogP contribution in [0, 0.1) is 0 Å². The van der Waals surface area contributed by atoms with Crippen molar-refractivity contribution in [3.8, 4) is 0 Å². The highest BCUT2D eigenvalue weighted by Gasteiger charge is 2.04. The second-order valence-electron chi connectivity index (χ2n) is 3.47. The molecule has 0 aliphatic carbocycles. The summed E-state index contributed by atoms with van der Waals surface area (Å²) in [4.78, 5) is 12.3. The van der Waals surface area contributed by atoms with Gasteiger partial charge in [0.15, 0.2) is 0 Å². The summed E-state index contributed by atoms with van der Waals surface area (Å²) in [6, 6.07) is 7.35. The molecule has 100 valence electrons. The van der Waals surface area contributed by atoms with E-state index in [-0.39, 0.29) is 5.97 Å². The predicted octanol–water partition coefficient (Wildman–Crippen LogP) is 2.23. The number of methoxy groups -OCH3 is 2. The maximum atomic E-state index is 11.2. The molecule has 5 heteroatoms. The first-order chi connectivity index (χ1) is 8.77. The lowest BCUT2D eigenvalue weighted by molar-refractivity contribution is 0.0600. The summed E-state index contributed by atoms with van der Waals surface area (Å²) in [7, 11) is 3.03. The first-order valence-corrected chi connectivity index (χ1v) is 6.64. The highest BCUT2D eigenvalue weighted by Crippen LogP contribution is 2.18. The summed E-state index contributed by atoms with van der Waals surface area (Å²) in [5, 5.41) is 0. The quantitative estimate of drug-likeness (QED) is 0.412. The van der Waals surface area contributed by atoms with E-state index < -0.39 is 0 Å². The fraction of sp³-hybridized carbons (Fsp3) is 0.462. The van der Waals surface area contributed by atoms with Gasteiger partial charge in [-0.1, -0.05) is 0 Å². The van der Waals surface area contributed by atoms with Crippen molar-refractivity contribution >= 4 is 17.7 Å². The van der Waals surface area contributed by atoms with Gasteiger partial charge in [-0.3, -0.25) is 0 Å². The lowest BCUT2D eigenvalue weighted by Gasteiger charge is -2.04. The van der Waals surface area contributed by atoms with E-state index in [1.54, 1.807) is 31.0 Å². The fourth-order valence-corrected chi connectivity index (χ4v) is 2.03. The van der Waals surface area contributed by atoms with Gasteiger partial charge in [-0.2, -0.15) is 0 Å². The maximum Gasteiger partial charge on any atom is 0.337 e. The number of carbonyl (C=O) groups is 1. The van der Waals surface area contributed by atoms with Crippen molar-refractivity contribution in [2.45, 2.75) is 4.90 Å². The van der Waals surface area contributed by atoms with Crippen LogP contribution in [0.4, 0.5) is 0 Å². The van der Waals surface area contributed by atoms with E-state index in [1.807, 2.05) is 12.1 Å². The zero-order valence-corrected chi connectivity index (χ0v) is 11.5. The van der Waals surface area contributed by atoms with Crippen LogP contribution < -0.4 is 0 Å². The van der Waals surface area contributed by atoms with Gasteiger partial charge in [0.2, 0.25) is 0 Å². The summed E-state index contributed by atoms with van der Waals surface area (Å²) in [6.07, 6.45) is 0. The Balaban J connectivity index is 2.25. The number of rotatable bonds is 8. The normalized spacial score (nSPS) is 10.3. The van der Waals surface area contributed by atoms with Crippen LogP contribution in [0.1, 0.15) is 10.4 Å². The molecule has 0 aromatic heterocycles. The minimum Gasteiger partial charge on any atom is -0.465 e. The fourth-order valence-electron chi connectivity index (χ4n) is 1.27. The Morgan fingerprint density at radius 2 is 1.83 bits per heavy atom. The van der Waals surface area contributed by atoms with Gasteiger partial charge >= 0.3 is 5.97 Å². The lowest BCUT2D eigenvalue weighted by atomic mass is 10.2. The molecule has 0 bridgehead atoms. The second-order valence-corrected chi connectivity index (χ2v) is 4.64. The molecule has 0 spiro atoms. The maximum absolute atomic E-state index is 11.2. The molecule has 4 nitrogen and oxygen atoms in total. The van der Waals surface area contributed by atoms with Gasteiger partial charge in [0.1, 0.15) is 0 Å². The Hall–Kier alpha value is -1.04. The van der Waals surface area contributed by atoms with Crippen LogP contribution >= 0.6 is 11.8 Å². The van der Waals surface area contributed by atoms with Crippen LogP contribution in [0.15, 0.2) is 29.2 Å². The van der Waals surface area contributed by atoms with Crippen LogP contribution in [0.25, 0.3) is 0 Å². The van der Waals surface area contributed by atoms with Crippen molar-refractivity contribution < 1.29 is 19.0 Å². The summed E-state index contributed by atoms with van der Waals surface area (Å²) in [5.74, 6) is 0.566. The Kier molecular flexibility index (Phi) is 7.48. The van der Waals surface area contributed by atoms with E-state index >= 15 is 0 Å². The monoisotopic (exact) mass is 270 g/mol. The Morgan fingerprint density at radius 3 is 2.44 bits per heavy atom. The van der Waals surface area contributed by atoms with Gasteiger partial charge in [0, 0.05) is 17.8 Å². The van der Waals surface area contributed by atoms with Gasteiger partial charge in [-0.25, -0.2) is 4.79 Å². The highest BCUT2D eigenvalue weighted by atomic mass is 32.2. The molecule has 18 heavy (non-hydrogen) atoms. The van der Waals surface area contributed by atoms with E-state index in [0.29, 0.717) is 25.4 Å². The third-order valence-electron chi connectivity index (χ3n) is 2.20. The van der Waals surface area contributed by atoms with Crippen molar-refractivity contribution in [2.75, 3.05) is 39.8 Å². The smallest absolute Gasteiger partial charge is 0.337 e. The molecule has 0 N–H and O–H groups in total. The molecule has 0 fully saturated rings. The number of hydrogen-bond acceptors (Lipinski definition) is 5. The summed E-state index contributed by atoms with van der Waals surface area (Å²) >= 11 is 1.69. The molecule has 0 heterocycles. The Morgan fingerprint density at radius 1 is 1.11 bits per heavy atom. The van der Waals surface area contributed by atoms with Gasteiger partial charge in [0.05, 0.1) is 32.5 Å². The Bertz CT molecular complexity index is 351. The van der Waals surface area contributed by atoms with Crippen LogP contribution in [-0.2, 0) is 14.2 Å². The molecular formula is C13H18O4S. The van der Waals surface area contributed by atoms with Gasteiger partial charge in [0.25, 0.3) is 0 Å². The largest absolute Gasteiger partial charge is 0.465 e. The highest BCUT2D eigenvalue weighted by molar-refractivity contribution is 7.99. The van der Waals surface area contributed by atoms with E-state index in [1.165, 1.54) is 7.11 Å². The molecule has 1 rings (SSSR count). The van der Waals surface area contributed by atoms with Crippen LogP contribution in [0.2, 0.25) is 0 Å². The molecule has 1 aromatic rings. The number of carbonyl (C=O) groups excluding carboxylic acids is 1. The van der Waals surface area contributed by atoms with Crippen molar-refractivity contribution in [1.29, 1.82) is 0 Å². The molecular weight excluding hydrogens is 252 g/mol. The van der Waals surface area contributed by atoms with Gasteiger partial charge in [-0.15, -0.1) is 11.8 Å². The Labute approximate surface area is 112 Å². The van der Waals surface area contributed by atoms with Crippen LogP contribution in [-0.4, -0.2) is 45.8 Å². The van der Waals surface area contributed by atoms with Crippen molar-refractivity contribution in [3.63, 3.8) is 0 Å². The van der Waals surface area contributed by atoms with Crippen molar-refractivity contribution in [3.05, 3.63) is 29.8 Å². The molecule has 0 atom stereocenters. The topological polar surface area (TPSA) is 44.8 Å². The molecule has 0 aliphatic heterocycles. The number of thioether (sulfide) groups is 1. The summed E-state index contributed by atoms with van der Waals surface area (Å²) < 4.78 is 14.9. The van der Waals surface area contributed by atoms with Gasteiger partial charge < -0.3 is 14.2 Å². The molecule has 0 aliphatic rings. The first-order valence-electron chi connectivity index (χ1n) is 5.65. The predicted molar refractivity (Wildman–Crippen MR) is 71.2 cm³/mol. The zero-order chi connectivity index (χ0) is 13.2. The number of hydrogen-bond donors (Lipinski definition) is 0. The summed E-state index contributed by atoms with van der Waals surface area (Å²) in [5.41, 5.74) is 0.568. The molecule has 0 radical (unpaired) electrons. The second kappa shape index (κ2) is 8.97. The van der Waals surface area contributed by atoms with E-state index in [9.17, 15) is 4.79 Å². The first kappa shape index (κ1) is 15.0. The van der Waals surface area contributed by atoms with Crippen molar-refractivity contribution in [1.82, 2.24) is 0 Å². The number of ether oxygens (including phenoxy) is 3. The lowest BCUT2D eigenvalue weighted by Crippen LogP contribution is -2.04. The number of esters is 1. The molecule has 0 amide bonds. The SMILES string of the molecule is COCCOCCSc1ccc(C(=O)OC)cc1. The number of benzene rings is 1. The average molecular weight is 270 g/mol. The minimum atomic E-state index is -0.311. The van der Waals surface area contributed by atoms with E-state index in [4.69, 9.17) is 9.47 Å². The third-order valence-corrected chi connectivity index (χ3v) is 3.18. The van der Waals surface area contributed by atoms with Crippen LogP contribution in [0.5, 0.6) is 0 Å². The molecule has 0 saturated carbocycles. The molecule has 0 saturated heterocycles.